The molecule has 2 aromatic rings. The van der Waals surface area contributed by atoms with Gasteiger partial charge in [0, 0.05) is 11.1 Å². The van der Waals surface area contributed by atoms with Gasteiger partial charge in [0.1, 0.15) is 0 Å². The third-order valence-corrected chi connectivity index (χ3v) is 4.55. The summed E-state index contributed by atoms with van der Waals surface area (Å²) < 4.78 is 6.43. The lowest BCUT2D eigenvalue weighted by atomic mass is 9.93. The molecule has 24 heavy (non-hydrogen) atoms. The third kappa shape index (κ3) is 1.95. The van der Waals surface area contributed by atoms with Crippen molar-refractivity contribution in [1.82, 2.24) is 4.57 Å². The Hall–Kier alpha value is -3.07. The first-order chi connectivity index (χ1) is 11.6. The number of benzene rings is 1. The van der Waals surface area contributed by atoms with Crippen LogP contribution in [0.5, 0.6) is 0 Å². The fraction of sp³-hybridized carbons (Fsp3) is 0.278. The molecule has 120 valence electrons. The van der Waals surface area contributed by atoms with Gasteiger partial charge in [0.05, 0.1) is 17.7 Å². The van der Waals surface area contributed by atoms with Crippen LogP contribution in [0, 0.1) is 12.3 Å². The maximum absolute atomic E-state index is 12.6. The molecule has 1 aliphatic carbocycles. The number of carbonyl (C=O) groups is 2. The van der Waals surface area contributed by atoms with Crippen LogP contribution in [0.3, 0.4) is 0 Å². The molecule has 0 bridgehead atoms. The summed E-state index contributed by atoms with van der Waals surface area (Å²) in [5.41, 5.74) is 2.52. The smallest absolute Gasteiger partial charge is 0.408 e. The molecule has 0 atom stereocenters. The highest BCUT2D eigenvalue weighted by molar-refractivity contribution is 6.33. The maximum Gasteiger partial charge on any atom is 0.420 e. The monoisotopic (exact) mass is 322 g/mol. The summed E-state index contributed by atoms with van der Waals surface area (Å²) in [6.07, 6.45) is 8.43. The fourth-order valence-corrected chi connectivity index (χ4v) is 3.40. The molecule has 1 aliphatic heterocycles. The first-order valence-corrected chi connectivity index (χ1v) is 7.79. The molecule has 0 radical (unpaired) electrons. The molecule has 1 aromatic carbocycles. The zero-order valence-corrected chi connectivity index (χ0v) is 12.9. The lowest BCUT2D eigenvalue weighted by Gasteiger charge is -2.15. The number of hydrogen-bond acceptors (Lipinski definition) is 4. The number of hydrogen-bond donors (Lipinski definition) is 0. The number of fused-ring (bicyclic) bond motifs is 1. The molecular formula is C18H14N2O4. The molecule has 2 amide bonds. The van der Waals surface area contributed by atoms with Crippen molar-refractivity contribution in [3.63, 3.8) is 0 Å². The SMILES string of the molecule is C#CCn1c(=O)oc2ccc(N3C(=O)C4=C(CCCC4)C3=O)cc21. The van der Waals surface area contributed by atoms with E-state index >= 15 is 0 Å². The molecule has 2 heterocycles. The predicted molar refractivity (Wildman–Crippen MR) is 87.3 cm³/mol. The van der Waals surface area contributed by atoms with Crippen LogP contribution in [0.15, 0.2) is 38.6 Å². The average molecular weight is 322 g/mol. The summed E-state index contributed by atoms with van der Waals surface area (Å²) in [6, 6.07) is 4.79. The molecule has 6 heteroatoms. The standard InChI is InChI=1S/C18H14N2O4/c1-2-9-19-14-10-11(7-8-15(14)24-18(19)23)20-16(21)12-5-3-4-6-13(12)17(20)22/h1,7-8,10H,3-6,9H2. The topological polar surface area (TPSA) is 72.5 Å². The molecule has 0 N–H and O–H groups in total. The van der Waals surface area contributed by atoms with Crippen molar-refractivity contribution in [2.75, 3.05) is 4.90 Å². The van der Waals surface area contributed by atoms with E-state index in [2.05, 4.69) is 5.92 Å². The van der Waals surface area contributed by atoms with Crippen molar-refractivity contribution in [3.05, 3.63) is 39.9 Å². The van der Waals surface area contributed by atoms with Crippen molar-refractivity contribution in [2.45, 2.75) is 32.2 Å². The summed E-state index contributed by atoms with van der Waals surface area (Å²) in [5, 5.41) is 0. The van der Waals surface area contributed by atoms with Crippen molar-refractivity contribution in [1.29, 1.82) is 0 Å². The van der Waals surface area contributed by atoms with Crippen LogP contribution in [0.2, 0.25) is 0 Å². The third-order valence-electron chi connectivity index (χ3n) is 4.55. The first kappa shape index (κ1) is 14.5. The molecule has 6 nitrogen and oxygen atoms in total. The Balaban J connectivity index is 1.82. The lowest BCUT2D eigenvalue weighted by molar-refractivity contribution is -0.120. The number of aromatic nitrogens is 1. The number of nitrogens with zero attached hydrogens (tertiary/aromatic N) is 2. The van der Waals surface area contributed by atoms with E-state index in [0.29, 0.717) is 40.8 Å². The lowest BCUT2D eigenvalue weighted by Crippen LogP contribution is -2.31. The second-order valence-electron chi connectivity index (χ2n) is 5.92. The summed E-state index contributed by atoms with van der Waals surface area (Å²) in [7, 11) is 0. The molecular weight excluding hydrogens is 308 g/mol. The molecule has 0 saturated carbocycles. The minimum absolute atomic E-state index is 0.0614. The van der Waals surface area contributed by atoms with Gasteiger partial charge < -0.3 is 4.42 Å². The number of imide groups is 1. The quantitative estimate of drug-likeness (QED) is 0.626. The molecule has 0 fully saturated rings. The minimum Gasteiger partial charge on any atom is -0.408 e. The van der Waals surface area contributed by atoms with Crippen molar-refractivity contribution >= 4 is 28.6 Å². The van der Waals surface area contributed by atoms with E-state index in [1.807, 2.05) is 0 Å². The first-order valence-electron chi connectivity index (χ1n) is 7.79. The summed E-state index contributed by atoms with van der Waals surface area (Å²) in [6.45, 7) is 0.0614. The van der Waals surface area contributed by atoms with Gasteiger partial charge in [0.25, 0.3) is 11.8 Å². The Kier molecular flexibility index (Phi) is 3.17. The molecule has 0 saturated heterocycles. The summed E-state index contributed by atoms with van der Waals surface area (Å²) in [4.78, 5) is 38.3. The highest BCUT2D eigenvalue weighted by Gasteiger charge is 2.39. The molecule has 4 rings (SSSR count). The van der Waals surface area contributed by atoms with Gasteiger partial charge in [0.15, 0.2) is 5.58 Å². The number of anilines is 1. The number of amides is 2. The normalized spacial score (nSPS) is 17.5. The van der Waals surface area contributed by atoms with E-state index in [-0.39, 0.29) is 18.4 Å². The number of oxazole rings is 1. The highest BCUT2D eigenvalue weighted by Crippen LogP contribution is 2.36. The van der Waals surface area contributed by atoms with E-state index < -0.39 is 5.76 Å². The Morgan fingerprint density at radius 1 is 1.08 bits per heavy atom. The van der Waals surface area contributed by atoms with E-state index in [1.165, 1.54) is 9.47 Å². The van der Waals surface area contributed by atoms with Crippen molar-refractivity contribution in [3.8, 4) is 12.3 Å². The number of rotatable bonds is 2. The van der Waals surface area contributed by atoms with Crippen LogP contribution < -0.4 is 10.7 Å². The van der Waals surface area contributed by atoms with Crippen molar-refractivity contribution < 1.29 is 14.0 Å². The Morgan fingerprint density at radius 3 is 2.38 bits per heavy atom. The number of carbonyl (C=O) groups excluding carboxylic acids is 2. The van der Waals surface area contributed by atoms with E-state index in [9.17, 15) is 14.4 Å². The van der Waals surface area contributed by atoms with Gasteiger partial charge in [-0.05, 0) is 43.9 Å². The second-order valence-corrected chi connectivity index (χ2v) is 5.92. The maximum atomic E-state index is 12.6. The Labute approximate surface area is 137 Å². The predicted octanol–water partition coefficient (Wildman–Crippen LogP) is 1.97. The zero-order chi connectivity index (χ0) is 16.8. The molecule has 0 spiro atoms. The van der Waals surface area contributed by atoms with Crippen LogP contribution in [0.25, 0.3) is 11.1 Å². The average Bonchev–Trinajstić information content (AvgIpc) is 3.03. The highest BCUT2D eigenvalue weighted by atomic mass is 16.4. The largest absolute Gasteiger partial charge is 0.420 e. The van der Waals surface area contributed by atoms with Crippen LogP contribution in [-0.4, -0.2) is 16.4 Å². The van der Waals surface area contributed by atoms with Gasteiger partial charge in [-0.25, -0.2) is 9.69 Å². The van der Waals surface area contributed by atoms with E-state index in [1.54, 1.807) is 18.2 Å². The van der Waals surface area contributed by atoms with Gasteiger partial charge >= 0.3 is 5.76 Å². The molecule has 0 unspecified atom stereocenters. The molecule has 1 aromatic heterocycles. The van der Waals surface area contributed by atoms with Gasteiger partial charge in [-0.1, -0.05) is 5.92 Å². The van der Waals surface area contributed by atoms with E-state index in [0.717, 1.165) is 12.8 Å². The summed E-state index contributed by atoms with van der Waals surface area (Å²) in [5.74, 6) is 1.32. The van der Waals surface area contributed by atoms with Gasteiger partial charge in [-0.3, -0.25) is 14.2 Å². The second kappa shape index (κ2) is 5.24. The van der Waals surface area contributed by atoms with Crippen LogP contribution in [0.4, 0.5) is 5.69 Å². The Morgan fingerprint density at radius 2 is 1.75 bits per heavy atom. The van der Waals surface area contributed by atoms with Gasteiger partial charge in [-0.2, -0.15) is 0 Å². The minimum atomic E-state index is -0.559. The Bertz CT molecular complexity index is 988. The number of terminal acetylenes is 1. The molecule has 2 aliphatic rings. The van der Waals surface area contributed by atoms with Gasteiger partial charge in [-0.15, -0.1) is 6.42 Å². The van der Waals surface area contributed by atoms with E-state index in [4.69, 9.17) is 10.8 Å². The van der Waals surface area contributed by atoms with Crippen LogP contribution in [0.1, 0.15) is 25.7 Å². The van der Waals surface area contributed by atoms with Gasteiger partial charge in [0.2, 0.25) is 0 Å². The van der Waals surface area contributed by atoms with Crippen molar-refractivity contribution in [2.24, 2.45) is 0 Å². The zero-order valence-electron chi connectivity index (χ0n) is 12.9. The van der Waals surface area contributed by atoms with Crippen LogP contribution in [-0.2, 0) is 16.1 Å². The fourth-order valence-electron chi connectivity index (χ4n) is 3.40. The summed E-state index contributed by atoms with van der Waals surface area (Å²) >= 11 is 0. The van der Waals surface area contributed by atoms with Crippen LogP contribution >= 0.6 is 0 Å².